The summed E-state index contributed by atoms with van der Waals surface area (Å²) in [5.41, 5.74) is 1.16. The van der Waals surface area contributed by atoms with Crippen LogP contribution in [0.1, 0.15) is 38.2 Å². The predicted molar refractivity (Wildman–Crippen MR) is 113 cm³/mol. The fourth-order valence-electron chi connectivity index (χ4n) is 4.29. The molecule has 2 saturated heterocycles. The molecule has 0 bridgehead atoms. The Morgan fingerprint density at radius 2 is 1.76 bits per heavy atom. The first-order valence-electron chi connectivity index (χ1n) is 10.9. The van der Waals surface area contributed by atoms with E-state index >= 15 is 0 Å². The lowest BCUT2D eigenvalue weighted by atomic mass is 9.91. The number of amides is 2. The Kier molecular flexibility index (Phi) is 8.07. The van der Waals surface area contributed by atoms with Crippen LogP contribution in [-0.2, 0) is 20.9 Å². The van der Waals surface area contributed by atoms with E-state index in [1.165, 1.54) is 0 Å². The molecule has 1 aromatic rings. The van der Waals surface area contributed by atoms with Crippen LogP contribution in [0.15, 0.2) is 30.3 Å². The molecule has 2 amide bonds. The molecule has 0 saturated carbocycles. The Morgan fingerprint density at radius 3 is 2.41 bits per heavy atom. The summed E-state index contributed by atoms with van der Waals surface area (Å²) in [6, 6.07) is 10.0. The first kappa shape index (κ1) is 21.8. The van der Waals surface area contributed by atoms with Gasteiger partial charge in [0.1, 0.15) is 0 Å². The third kappa shape index (κ3) is 6.28. The highest BCUT2D eigenvalue weighted by atomic mass is 16.5. The molecule has 29 heavy (non-hydrogen) atoms. The Labute approximate surface area is 174 Å². The molecule has 0 unspecified atom stereocenters. The van der Waals surface area contributed by atoms with Crippen molar-refractivity contribution >= 4 is 11.8 Å². The van der Waals surface area contributed by atoms with Crippen molar-refractivity contribution in [2.75, 3.05) is 46.4 Å². The summed E-state index contributed by atoms with van der Waals surface area (Å²) in [6.45, 7) is 7.40. The highest BCUT2D eigenvalue weighted by Gasteiger charge is 2.30. The molecule has 0 radical (unpaired) electrons. The smallest absolute Gasteiger partial charge is 0.239 e. The van der Waals surface area contributed by atoms with Crippen molar-refractivity contribution in [2.45, 2.75) is 45.2 Å². The van der Waals surface area contributed by atoms with Crippen molar-refractivity contribution in [2.24, 2.45) is 5.92 Å². The van der Waals surface area contributed by atoms with Crippen LogP contribution < -0.4 is 0 Å². The lowest BCUT2D eigenvalue weighted by Crippen LogP contribution is -2.52. The minimum Gasteiger partial charge on any atom is -0.379 e. The quantitative estimate of drug-likeness (QED) is 0.704. The van der Waals surface area contributed by atoms with E-state index in [2.05, 4.69) is 17.0 Å². The normalized spacial score (nSPS) is 19.7. The van der Waals surface area contributed by atoms with Gasteiger partial charge in [-0.05, 0) is 37.7 Å². The lowest BCUT2D eigenvalue weighted by molar-refractivity contribution is -0.139. The second-order valence-electron chi connectivity index (χ2n) is 8.37. The summed E-state index contributed by atoms with van der Waals surface area (Å²) < 4.78 is 5.39. The number of carbonyl (C=O) groups is 2. The average Bonchev–Trinajstić information content (AvgIpc) is 2.78. The Hall–Kier alpha value is -1.92. The number of hydrogen-bond donors (Lipinski definition) is 0. The molecule has 1 aromatic carbocycles. The molecule has 1 atom stereocenters. The third-order valence-electron chi connectivity index (χ3n) is 6.33. The van der Waals surface area contributed by atoms with Crippen molar-refractivity contribution in [3.8, 4) is 0 Å². The zero-order valence-electron chi connectivity index (χ0n) is 17.9. The van der Waals surface area contributed by atoms with Gasteiger partial charge in [0.05, 0.1) is 19.3 Å². The van der Waals surface area contributed by atoms with Crippen LogP contribution in [0.3, 0.4) is 0 Å². The van der Waals surface area contributed by atoms with Gasteiger partial charge in [0.15, 0.2) is 0 Å². The van der Waals surface area contributed by atoms with E-state index in [4.69, 9.17) is 4.74 Å². The third-order valence-corrected chi connectivity index (χ3v) is 6.33. The molecule has 3 rings (SSSR count). The van der Waals surface area contributed by atoms with E-state index in [-0.39, 0.29) is 17.9 Å². The largest absolute Gasteiger partial charge is 0.379 e. The highest BCUT2D eigenvalue weighted by molar-refractivity contribution is 5.81. The van der Waals surface area contributed by atoms with Crippen molar-refractivity contribution < 1.29 is 14.3 Å². The lowest BCUT2D eigenvalue weighted by Gasteiger charge is -2.37. The number of carbonyl (C=O) groups excluding carboxylic acids is 2. The van der Waals surface area contributed by atoms with Gasteiger partial charge in [-0.3, -0.25) is 14.5 Å². The summed E-state index contributed by atoms with van der Waals surface area (Å²) in [7, 11) is 1.88. The van der Waals surface area contributed by atoms with E-state index in [1.54, 1.807) is 0 Å². The van der Waals surface area contributed by atoms with Gasteiger partial charge < -0.3 is 14.5 Å². The van der Waals surface area contributed by atoms with E-state index in [0.29, 0.717) is 32.1 Å². The van der Waals surface area contributed by atoms with E-state index < -0.39 is 0 Å². The van der Waals surface area contributed by atoms with Crippen LogP contribution in [0.5, 0.6) is 0 Å². The number of nitrogens with zero attached hydrogens (tertiary/aromatic N) is 3. The van der Waals surface area contributed by atoms with Crippen molar-refractivity contribution in [1.29, 1.82) is 0 Å². The SMILES string of the molecule is C[C@@H](C(=O)N1CCC(CCC(=O)N(C)Cc2ccccc2)CC1)N1CCOCC1. The maximum atomic E-state index is 12.8. The van der Waals surface area contributed by atoms with Gasteiger partial charge in [0.2, 0.25) is 11.8 Å². The van der Waals surface area contributed by atoms with Crippen molar-refractivity contribution in [3.63, 3.8) is 0 Å². The number of morpholine rings is 1. The number of likely N-dealkylation sites (tertiary alicyclic amines) is 1. The number of piperidine rings is 1. The molecule has 0 spiro atoms. The maximum absolute atomic E-state index is 12.8. The molecule has 0 aromatic heterocycles. The highest BCUT2D eigenvalue weighted by Crippen LogP contribution is 2.23. The van der Waals surface area contributed by atoms with Gasteiger partial charge in [0, 0.05) is 46.2 Å². The van der Waals surface area contributed by atoms with Gasteiger partial charge in [-0.1, -0.05) is 30.3 Å². The fourth-order valence-corrected chi connectivity index (χ4v) is 4.29. The van der Waals surface area contributed by atoms with Gasteiger partial charge >= 0.3 is 0 Å². The number of benzene rings is 1. The molecule has 2 heterocycles. The molecule has 6 heteroatoms. The molecule has 2 fully saturated rings. The number of ether oxygens (including phenoxy) is 1. The van der Waals surface area contributed by atoms with E-state index in [9.17, 15) is 9.59 Å². The second-order valence-corrected chi connectivity index (χ2v) is 8.37. The first-order valence-corrected chi connectivity index (χ1v) is 10.9. The summed E-state index contributed by atoms with van der Waals surface area (Å²) >= 11 is 0. The van der Waals surface area contributed by atoms with Crippen LogP contribution in [0.25, 0.3) is 0 Å². The monoisotopic (exact) mass is 401 g/mol. The van der Waals surface area contributed by atoms with Gasteiger partial charge in [0.25, 0.3) is 0 Å². The van der Waals surface area contributed by atoms with Gasteiger partial charge in [-0.2, -0.15) is 0 Å². The van der Waals surface area contributed by atoms with E-state index in [1.807, 2.05) is 42.0 Å². The van der Waals surface area contributed by atoms with Crippen LogP contribution in [0, 0.1) is 5.92 Å². The molecule has 160 valence electrons. The second kappa shape index (κ2) is 10.7. The zero-order chi connectivity index (χ0) is 20.6. The number of rotatable bonds is 7. The predicted octanol–water partition coefficient (Wildman–Crippen LogP) is 2.38. The van der Waals surface area contributed by atoms with Crippen LogP contribution in [0.2, 0.25) is 0 Å². The van der Waals surface area contributed by atoms with E-state index in [0.717, 1.165) is 51.0 Å². The zero-order valence-corrected chi connectivity index (χ0v) is 17.9. The summed E-state index contributed by atoms with van der Waals surface area (Å²) in [5, 5.41) is 0. The molecule has 0 N–H and O–H groups in total. The summed E-state index contributed by atoms with van der Waals surface area (Å²) in [5.74, 6) is 0.976. The standard InChI is InChI=1S/C23H35N3O3/c1-19(25-14-16-29-17-15-25)23(28)26-12-10-20(11-13-26)8-9-22(27)24(2)18-21-6-4-3-5-7-21/h3-7,19-20H,8-18H2,1-2H3/t19-/m0/s1. The maximum Gasteiger partial charge on any atom is 0.239 e. The van der Waals surface area contributed by atoms with Crippen LogP contribution in [-0.4, -0.2) is 79.0 Å². The Morgan fingerprint density at radius 1 is 1.10 bits per heavy atom. The number of hydrogen-bond acceptors (Lipinski definition) is 4. The van der Waals surface area contributed by atoms with Crippen molar-refractivity contribution in [3.05, 3.63) is 35.9 Å². The van der Waals surface area contributed by atoms with Crippen molar-refractivity contribution in [1.82, 2.24) is 14.7 Å². The Balaban J connectivity index is 1.37. The summed E-state index contributed by atoms with van der Waals surface area (Å²) in [4.78, 5) is 31.3. The minimum atomic E-state index is -0.0661. The first-order chi connectivity index (χ1) is 14.0. The molecule has 0 aliphatic carbocycles. The molecular formula is C23H35N3O3. The topological polar surface area (TPSA) is 53.1 Å². The molecule has 2 aliphatic rings. The molecule has 2 aliphatic heterocycles. The Bertz CT molecular complexity index is 653. The fraction of sp³-hybridized carbons (Fsp3) is 0.652. The molecular weight excluding hydrogens is 366 g/mol. The van der Waals surface area contributed by atoms with Gasteiger partial charge in [-0.25, -0.2) is 0 Å². The summed E-state index contributed by atoms with van der Waals surface area (Å²) in [6.07, 6.45) is 3.50. The minimum absolute atomic E-state index is 0.0661. The van der Waals surface area contributed by atoms with Crippen LogP contribution in [0.4, 0.5) is 0 Å². The van der Waals surface area contributed by atoms with Crippen LogP contribution >= 0.6 is 0 Å². The van der Waals surface area contributed by atoms with Gasteiger partial charge in [-0.15, -0.1) is 0 Å². The average molecular weight is 402 g/mol. The molecule has 6 nitrogen and oxygen atoms in total.